The minimum absolute atomic E-state index is 0.0109. The number of carbonyl (C=O) groups is 2. The number of hydrogen-bond donors (Lipinski definition) is 1. The van der Waals surface area contributed by atoms with E-state index in [0.717, 1.165) is 19.4 Å². The van der Waals surface area contributed by atoms with E-state index in [9.17, 15) is 9.59 Å². The monoisotopic (exact) mass is 282 g/mol. The van der Waals surface area contributed by atoms with Gasteiger partial charge in [-0.2, -0.15) is 0 Å². The van der Waals surface area contributed by atoms with Crippen LogP contribution in [-0.4, -0.2) is 48.6 Å². The van der Waals surface area contributed by atoms with Gasteiger partial charge in [0.1, 0.15) is 12.1 Å². The summed E-state index contributed by atoms with van der Waals surface area (Å²) in [6.45, 7) is 8.08. The van der Waals surface area contributed by atoms with Crippen LogP contribution in [0.4, 0.5) is 0 Å². The quantitative estimate of drug-likeness (QED) is 0.842. The van der Waals surface area contributed by atoms with E-state index in [2.05, 4.69) is 5.32 Å². The van der Waals surface area contributed by atoms with Gasteiger partial charge in [-0.15, -0.1) is 0 Å². The molecule has 20 heavy (non-hydrogen) atoms. The number of amides is 2. The van der Waals surface area contributed by atoms with Crippen LogP contribution in [-0.2, 0) is 14.3 Å². The van der Waals surface area contributed by atoms with Crippen molar-refractivity contribution in [1.82, 2.24) is 10.2 Å². The lowest BCUT2D eigenvalue weighted by atomic mass is 9.93. The van der Waals surface area contributed by atoms with Crippen LogP contribution in [0.1, 0.15) is 40.0 Å². The lowest BCUT2D eigenvalue weighted by Crippen LogP contribution is -2.65. The van der Waals surface area contributed by atoms with Crippen LogP contribution < -0.4 is 5.32 Å². The van der Waals surface area contributed by atoms with Gasteiger partial charge in [-0.3, -0.25) is 9.59 Å². The Hall–Kier alpha value is -1.10. The highest BCUT2D eigenvalue weighted by Gasteiger charge is 2.41. The molecule has 0 aromatic rings. The van der Waals surface area contributed by atoms with Gasteiger partial charge in [-0.1, -0.05) is 20.8 Å². The molecule has 114 valence electrons. The number of nitrogens with zero attached hydrogens (tertiary/aromatic N) is 1. The Labute approximate surface area is 121 Å². The summed E-state index contributed by atoms with van der Waals surface area (Å²) >= 11 is 0. The van der Waals surface area contributed by atoms with E-state index in [1.54, 1.807) is 4.90 Å². The van der Waals surface area contributed by atoms with Gasteiger partial charge >= 0.3 is 0 Å². The van der Waals surface area contributed by atoms with E-state index in [4.69, 9.17) is 4.74 Å². The summed E-state index contributed by atoms with van der Waals surface area (Å²) in [4.78, 5) is 26.6. The highest BCUT2D eigenvalue weighted by molar-refractivity contribution is 5.97. The van der Waals surface area contributed by atoms with E-state index in [-0.39, 0.29) is 29.8 Å². The van der Waals surface area contributed by atoms with Crippen LogP contribution in [0.25, 0.3) is 0 Å². The van der Waals surface area contributed by atoms with Crippen molar-refractivity contribution >= 4 is 11.8 Å². The molecule has 5 nitrogen and oxygen atoms in total. The van der Waals surface area contributed by atoms with Gasteiger partial charge in [0.25, 0.3) is 0 Å². The first-order chi connectivity index (χ1) is 9.54. The zero-order valence-corrected chi connectivity index (χ0v) is 12.7. The average Bonchev–Trinajstić information content (AvgIpc) is 2.43. The number of piperazine rings is 1. The molecule has 2 saturated heterocycles. The summed E-state index contributed by atoms with van der Waals surface area (Å²) in [5, 5.41) is 2.85. The topological polar surface area (TPSA) is 58.6 Å². The molecule has 5 heteroatoms. The maximum atomic E-state index is 12.6. The maximum Gasteiger partial charge on any atom is 0.245 e. The van der Waals surface area contributed by atoms with Crippen LogP contribution in [0.5, 0.6) is 0 Å². The van der Waals surface area contributed by atoms with Crippen molar-refractivity contribution in [3.8, 4) is 0 Å². The van der Waals surface area contributed by atoms with Crippen LogP contribution in [0.3, 0.4) is 0 Å². The normalized spacial score (nSPS) is 31.6. The number of carbonyl (C=O) groups excluding carboxylic acids is 2. The molecule has 2 aliphatic rings. The Morgan fingerprint density at radius 3 is 2.70 bits per heavy atom. The Bertz CT molecular complexity index is 364. The minimum Gasteiger partial charge on any atom is -0.381 e. The fourth-order valence-electron chi connectivity index (χ4n) is 3.17. The molecule has 0 saturated carbocycles. The van der Waals surface area contributed by atoms with Gasteiger partial charge in [-0.25, -0.2) is 0 Å². The lowest BCUT2D eigenvalue weighted by Gasteiger charge is -2.42. The molecule has 0 bridgehead atoms. The third kappa shape index (κ3) is 3.14. The maximum absolute atomic E-state index is 12.6. The van der Waals surface area contributed by atoms with Crippen molar-refractivity contribution in [3.63, 3.8) is 0 Å². The van der Waals surface area contributed by atoms with Gasteiger partial charge in [0.2, 0.25) is 11.8 Å². The summed E-state index contributed by atoms with van der Waals surface area (Å²) < 4.78 is 5.50. The third-order valence-corrected chi connectivity index (χ3v) is 4.25. The number of hydrogen-bond acceptors (Lipinski definition) is 3. The summed E-state index contributed by atoms with van der Waals surface area (Å²) in [6, 6.07) is -0.700. The smallest absolute Gasteiger partial charge is 0.245 e. The molecular formula is C15H26N2O3. The predicted molar refractivity (Wildman–Crippen MR) is 76.1 cm³/mol. The summed E-state index contributed by atoms with van der Waals surface area (Å²) in [7, 11) is 0. The van der Waals surface area contributed by atoms with E-state index in [0.29, 0.717) is 25.5 Å². The molecule has 3 atom stereocenters. The third-order valence-electron chi connectivity index (χ3n) is 4.25. The van der Waals surface area contributed by atoms with Crippen molar-refractivity contribution in [3.05, 3.63) is 0 Å². The number of ether oxygens (including phenoxy) is 1. The van der Waals surface area contributed by atoms with Gasteiger partial charge in [-0.05, 0) is 31.1 Å². The van der Waals surface area contributed by atoms with Crippen molar-refractivity contribution in [1.29, 1.82) is 0 Å². The standard InChI is InChI=1S/C15H26N2O3/c1-4-12-15(19)17(8-11-6-5-7-20-9-11)13(10(2)3)14(18)16-12/h10-13H,4-9H2,1-3H3,(H,16,18). The Balaban J connectivity index is 2.13. The molecule has 0 spiro atoms. The fourth-order valence-corrected chi connectivity index (χ4v) is 3.17. The SMILES string of the molecule is CCC1NC(=O)C(C(C)C)N(CC2CCCOC2)C1=O. The molecule has 0 aromatic carbocycles. The molecule has 2 fully saturated rings. The molecule has 2 rings (SSSR count). The summed E-state index contributed by atoms with van der Waals surface area (Å²) in [5.74, 6) is 0.540. The Morgan fingerprint density at radius 2 is 2.15 bits per heavy atom. The van der Waals surface area contributed by atoms with Crippen molar-refractivity contribution in [2.24, 2.45) is 11.8 Å². The zero-order chi connectivity index (χ0) is 14.7. The average molecular weight is 282 g/mol. The molecule has 2 heterocycles. The van der Waals surface area contributed by atoms with E-state index < -0.39 is 0 Å². The number of rotatable bonds is 4. The zero-order valence-electron chi connectivity index (χ0n) is 12.7. The van der Waals surface area contributed by atoms with Gasteiger partial charge in [0.15, 0.2) is 0 Å². The molecule has 0 radical (unpaired) electrons. The van der Waals surface area contributed by atoms with Crippen LogP contribution >= 0.6 is 0 Å². The largest absolute Gasteiger partial charge is 0.381 e. The van der Waals surface area contributed by atoms with Gasteiger partial charge in [0, 0.05) is 13.2 Å². The highest BCUT2D eigenvalue weighted by Crippen LogP contribution is 2.23. The molecule has 2 amide bonds. The lowest BCUT2D eigenvalue weighted by molar-refractivity contribution is -0.152. The summed E-state index contributed by atoms with van der Waals surface area (Å²) in [5.41, 5.74) is 0. The van der Waals surface area contributed by atoms with E-state index in [1.807, 2.05) is 20.8 Å². The van der Waals surface area contributed by atoms with Crippen LogP contribution in [0.15, 0.2) is 0 Å². The molecule has 0 aromatic heterocycles. The molecule has 1 N–H and O–H groups in total. The molecule has 2 aliphatic heterocycles. The second kappa shape index (κ2) is 6.57. The van der Waals surface area contributed by atoms with Crippen molar-refractivity contribution in [2.75, 3.05) is 19.8 Å². The molecular weight excluding hydrogens is 256 g/mol. The molecule has 0 aliphatic carbocycles. The van der Waals surface area contributed by atoms with E-state index >= 15 is 0 Å². The Kier molecular flexibility index (Phi) is 5.02. The van der Waals surface area contributed by atoms with E-state index in [1.165, 1.54) is 0 Å². The minimum atomic E-state index is -0.359. The van der Waals surface area contributed by atoms with Crippen molar-refractivity contribution < 1.29 is 14.3 Å². The second-order valence-electron chi connectivity index (χ2n) is 6.23. The highest BCUT2D eigenvalue weighted by atomic mass is 16.5. The van der Waals surface area contributed by atoms with Gasteiger partial charge < -0.3 is 15.0 Å². The molecule has 3 unspecified atom stereocenters. The van der Waals surface area contributed by atoms with Crippen molar-refractivity contribution in [2.45, 2.75) is 52.1 Å². The van der Waals surface area contributed by atoms with Crippen LogP contribution in [0, 0.1) is 11.8 Å². The summed E-state index contributed by atoms with van der Waals surface area (Å²) in [6.07, 6.45) is 2.77. The number of nitrogens with one attached hydrogen (secondary N) is 1. The fraction of sp³-hybridized carbons (Fsp3) is 0.867. The Morgan fingerprint density at radius 1 is 1.40 bits per heavy atom. The first kappa shape index (κ1) is 15.3. The predicted octanol–water partition coefficient (Wildman–Crippen LogP) is 1.17. The first-order valence-corrected chi connectivity index (χ1v) is 7.73. The first-order valence-electron chi connectivity index (χ1n) is 7.73. The van der Waals surface area contributed by atoms with Gasteiger partial charge in [0.05, 0.1) is 6.61 Å². The van der Waals surface area contributed by atoms with Crippen LogP contribution in [0.2, 0.25) is 0 Å². The second-order valence-corrected chi connectivity index (χ2v) is 6.23.